The number of aliphatic carboxylic acids is 3. The average Bonchev–Trinajstić information content (AvgIpc) is 2.60. The molecule has 1 atom stereocenters. The fourth-order valence-corrected chi connectivity index (χ4v) is 0.348. The van der Waals surface area contributed by atoms with Gasteiger partial charge in [-0.05, 0) is 27.7 Å². The van der Waals surface area contributed by atoms with E-state index in [-0.39, 0.29) is 28.9 Å². The number of ether oxygens (including phenoxy) is 1. The minimum atomic E-state index is -1.00. The number of aliphatic hydroxyl groups excluding tert-OH is 2. The van der Waals surface area contributed by atoms with Gasteiger partial charge in [0.05, 0.1) is 6.61 Å². The van der Waals surface area contributed by atoms with E-state index in [0.29, 0.717) is 0 Å². The number of aliphatic hydroxyl groups is 2. The van der Waals surface area contributed by atoms with E-state index in [1.807, 2.05) is 0 Å². The maximum absolute atomic E-state index is 10.6. The highest BCUT2D eigenvalue weighted by molar-refractivity contribution is 5.87. The second kappa shape index (κ2) is 19.5. The van der Waals surface area contributed by atoms with Crippen molar-refractivity contribution < 1.29 is 49.4 Å². The van der Waals surface area contributed by atoms with Gasteiger partial charge in [0.15, 0.2) is 0 Å². The van der Waals surface area contributed by atoms with Crippen molar-refractivity contribution in [3.05, 3.63) is 48.6 Å². The third-order valence-electron chi connectivity index (χ3n) is 2.06. The van der Waals surface area contributed by atoms with Gasteiger partial charge in [0.25, 0.3) is 0 Å². The van der Waals surface area contributed by atoms with Gasteiger partial charge < -0.3 is 30.3 Å². The van der Waals surface area contributed by atoms with Crippen molar-refractivity contribution in [1.29, 1.82) is 0 Å². The van der Waals surface area contributed by atoms with Crippen LogP contribution in [-0.4, -0.2) is 68.7 Å². The Hall–Kier alpha value is -3.24. The standard InChI is InChI=1S/C7H12O4.3C4H6O2/c1-5(2)7(10)11-4-6(9)3-8;3*1-3(2)4(5)6/h6,8-9H,1,3-4H2,2H3;3*1H2,2H3,(H,5,6). The van der Waals surface area contributed by atoms with E-state index >= 15 is 0 Å². The van der Waals surface area contributed by atoms with Crippen molar-refractivity contribution in [1.82, 2.24) is 0 Å². The predicted octanol–water partition coefficient (Wildman–Crippen LogP) is 1.40. The summed E-state index contributed by atoms with van der Waals surface area (Å²) in [6, 6.07) is 0. The fourth-order valence-electron chi connectivity index (χ4n) is 0.348. The molecular weight excluding hydrogens is 388 g/mol. The molecule has 0 amide bonds. The van der Waals surface area contributed by atoms with Crippen LogP contribution in [0, 0.1) is 0 Å². The summed E-state index contributed by atoms with van der Waals surface area (Å²) >= 11 is 0. The van der Waals surface area contributed by atoms with E-state index in [1.165, 1.54) is 27.7 Å². The molecule has 0 bridgehead atoms. The molecule has 0 aromatic rings. The van der Waals surface area contributed by atoms with Crippen molar-refractivity contribution in [2.75, 3.05) is 13.2 Å². The van der Waals surface area contributed by atoms with Crippen LogP contribution in [0.4, 0.5) is 0 Å². The van der Waals surface area contributed by atoms with Gasteiger partial charge in [-0.25, -0.2) is 19.2 Å². The van der Waals surface area contributed by atoms with Crippen LogP contribution < -0.4 is 0 Å². The molecule has 0 aromatic carbocycles. The Bertz CT molecular complexity index is 523. The van der Waals surface area contributed by atoms with Gasteiger partial charge in [0.1, 0.15) is 12.7 Å². The van der Waals surface area contributed by atoms with Gasteiger partial charge in [0, 0.05) is 22.3 Å². The molecule has 0 saturated heterocycles. The van der Waals surface area contributed by atoms with Gasteiger partial charge in [0.2, 0.25) is 0 Å². The first-order valence-corrected chi connectivity index (χ1v) is 7.79. The minimum absolute atomic E-state index is 0.176. The smallest absolute Gasteiger partial charge is 0.333 e. The number of carboxylic acids is 3. The molecule has 0 rings (SSSR count). The summed E-state index contributed by atoms with van der Waals surface area (Å²) in [5.74, 6) is -3.36. The maximum atomic E-state index is 10.6. The fraction of sp³-hybridized carbons (Fsp3) is 0.368. The van der Waals surface area contributed by atoms with Crippen LogP contribution in [0.2, 0.25) is 0 Å². The minimum Gasteiger partial charge on any atom is -0.478 e. The number of carboxylic acid groups (broad SMARTS) is 3. The Morgan fingerprint density at radius 1 is 0.724 bits per heavy atom. The lowest BCUT2D eigenvalue weighted by atomic mass is 10.3. The summed E-state index contributed by atoms with van der Waals surface area (Å²) < 4.78 is 4.51. The van der Waals surface area contributed by atoms with Crippen LogP contribution >= 0.6 is 0 Å². The van der Waals surface area contributed by atoms with Crippen molar-refractivity contribution in [2.24, 2.45) is 0 Å². The van der Waals surface area contributed by atoms with Crippen LogP contribution in [0.1, 0.15) is 27.7 Å². The molecule has 0 aliphatic carbocycles. The molecule has 0 heterocycles. The van der Waals surface area contributed by atoms with Gasteiger partial charge >= 0.3 is 23.9 Å². The van der Waals surface area contributed by atoms with Crippen LogP contribution in [-0.2, 0) is 23.9 Å². The van der Waals surface area contributed by atoms with Crippen molar-refractivity contribution >= 4 is 23.9 Å². The zero-order valence-corrected chi connectivity index (χ0v) is 17.1. The molecule has 0 radical (unpaired) electrons. The number of esters is 1. The average molecular weight is 418 g/mol. The van der Waals surface area contributed by atoms with E-state index in [2.05, 4.69) is 31.1 Å². The van der Waals surface area contributed by atoms with Crippen LogP contribution in [0.25, 0.3) is 0 Å². The number of rotatable bonds is 7. The van der Waals surface area contributed by atoms with Gasteiger partial charge in [-0.2, -0.15) is 0 Å². The molecule has 0 aromatic heterocycles. The van der Waals surface area contributed by atoms with E-state index in [9.17, 15) is 19.2 Å². The van der Waals surface area contributed by atoms with Gasteiger partial charge in [-0.1, -0.05) is 26.3 Å². The van der Waals surface area contributed by atoms with E-state index in [4.69, 9.17) is 25.5 Å². The first-order valence-electron chi connectivity index (χ1n) is 7.79. The van der Waals surface area contributed by atoms with Crippen LogP contribution in [0.3, 0.4) is 0 Å². The lowest BCUT2D eigenvalue weighted by Gasteiger charge is -2.07. The molecule has 166 valence electrons. The SMILES string of the molecule is C=C(C)C(=O)O.C=C(C)C(=O)O.C=C(C)C(=O)O.C=C(C)C(=O)OCC(O)CO. The van der Waals surface area contributed by atoms with Crippen LogP contribution in [0.15, 0.2) is 48.6 Å². The molecular formula is C19H30O10. The number of carbonyl (C=O) groups excluding carboxylic acids is 1. The third kappa shape index (κ3) is 32.8. The highest BCUT2D eigenvalue weighted by atomic mass is 16.5. The molecule has 29 heavy (non-hydrogen) atoms. The Labute approximate surface area is 169 Å². The lowest BCUT2D eigenvalue weighted by molar-refractivity contribution is -0.142. The normalized spacial score (nSPS) is 9.31. The van der Waals surface area contributed by atoms with Gasteiger partial charge in [-0.15, -0.1) is 0 Å². The third-order valence-corrected chi connectivity index (χ3v) is 2.06. The molecule has 0 spiro atoms. The Kier molecular flexibility index (Phi) is 22.4. The van der Waals surface area contributed by atoms with E-state index < -0.39 is 36.6 Å². The topological polar surface area (TPSA) is 179 Å². The molecule has 1 unspecified atom stereocenters. The van der Waals surface area contributed by atoms with Gasteiger partial charge in [-0.3, -0.25) is 0 Å². The van der Waals surface area contributed by atoms with E-state index in [0.717, 1.165) is 0 Å². The highest BCUT2D eigenvalue weighted by Gasteiger charge is 2.07. The zero-order valence-electron chi connectivity index (χ0n) is 17.1. The first-order chi connectivity index (χ1) is 13.0. The van der Waals surface area contributed by atoms with Crippen molar-refractivity contribution in [3.63, 3.8) is 0 Å². The highest BCUT2D eigenvalue weighted by Crippen LogP contribution is 1.93. The molecule has 0 aliphatic rings. The summed E-state index contributed by atoms with van der Waals surface area (Å²) in [7, 11) is 0. The monoisotopic (exact) mass is 418 g/mol. The summed E-state index contributed by atoms with van der Waals surface area (Å²) in [4.78, 5) is 39.4. The number of hydrogen-bond donors (Lipinski definition) is 5. The Morgan fingerprint density at radius 2 is 0.966 bits per heavy atom. The maximum Gasteiger partial charge on any atom is 0.333 e. The Balaban J connectivity index is -0.000000151. The second-order valence-corrected chi connectivity index (χ2v) is 5.47. The lowest BCUT2D eigenvalue weighted by Crippen LogP contribution is -2.22. The number of hydrogen-bond acceptors (Lipinski definition) is 7. The molecule has 0 aliphatic heterocycles. The van der Waals surface area contributed by atoms with Crippen molar-refractivity contribution in [3.8, 4) is 0 Å². The second-order valence-electron chi connectivity index (χ2n) is 5.47. The summed E-state index contributed by atoms with van der Waals surface area (Å²) in [5, 5.41) is 40.7. The molecule has 10 nitrogen and oxygen atoms in total. The molecule has 5 N–H and O–H groups in total. The predicted molar refractivity (Wildman–Crippen MR) is 106 cm³/mol. The molecule has 0 saturated carbocycles. The first kappa shape index (κ1) is 33.4. The number of carbonyl (C=O) groups is 4. The summed E-state index contributed by atoms with van der Waals surface area (Å²) in [5.41, 5.74) is 0.801. The Morgan fingerprint density at radius 3 is 1.10 bits per heavy atom. The quantitative estimate of drug-likeness (QED) is 0.300. The largest absolute Gasteiger partial charge is 0.478 e. The molecule has 0 fully saturated rings. The zero-order chi connectivity index (χ0) is 24.3. The molecule has 10 heteroatoms. The summed E-state index contributed by atoms with van der Waals surface area (Å²) in [6.45, 7) is 18.0. The summed E-state index contributed by atoms with van der Waals surface area (Å²) in [6.07, 6.45) is -1.00. The van der Waals surface area contributed by atoms with Crippen LogP contribution in [0.5, 0.6) is 0 Å². The van der Waals surface area contributed by atoms with E-state index in [1.54, 1.807) is 0 Å². The van der Waals surface area contributed by atoms with Crippen molar-refractivity contribution in [2.45, 2.75) is 33.8 Å².